The number of fused-ring (bicyclic) bond motifs is 1. The fourth-order valence-electron chi connectivity index (χ4n) is 2.72. The van der Waals surface area contributed by atoms with Crippen LogP contribution in [0.3, 0.4) is 0 Å². The average Bonchev–Trinajstić information content (AvgIpc) is 3.11. The van der Waals surface area contributed by atoms with Gasteiger partial charge in [0.25, 0.3) is 0 Å². The average molecular weight is 360 g/mol. The summed E-state index contributed by atoms with van der Waals surface area (Å²) in [5, 5.41) is 12.9. The number of hydrogen-bond acceptors (Lipinski definition) is 6. The van der Waals surface area contributed by atoms with E-state index < -0.39 is 0 Å². The van der Waals surface area contributed by atoms with Gasteiger partial charge in [-0.2, -0.15) is 4.52 Å². The molecule has 0 aliphatic rings. The van der Waals surface area contributed by atoms with E-state index in [1.807, 2.05) is 24.3 Å². The maximum absolute atomic E-state index is 11.5. The molecule has 0 N–H and O–H groups in total. The lowest BCUT2D eigenvalue weighted by atomic mass is 10.1. The van der Waals surface area contributed by atoms with E-state index in [-0.39, 0.29) is 5.78 Å². The number of carbonyl (C=O) groups excluding carboxylic acids is 1. The molecule has 7 heteroatoms. The van der Waals surface area contributed by atoms with Crippen LogP contribution in [0.4, 0.5) is 0 Å². The highest BCUT2D eigenvalue weighted by Crippen LogP contribution is 2.29. The van der Waals surface area contributed by atoms with E-state index in [1.165, 1.54) is 6.92 Å². The Kier molecular flexibility index (Phi) is 4.25. The molecule has 0 amide bonds. The number of carbonyl (C=O) groups is 1. The Labute approximate surface area is 155 Å². The van der Waals surface area contributed by atoms with Crippen molar-refractivity contribution in [1.29, 1.82) is 0 Å². The quantitative estimate of drug-likeness (QED) is 0.504. The Balaban J connectivity index is 1.74. The van der Waals surface area contributed by atoms with Gasteiger partial charge in [-0.15, -0.1) is 15.3 Å². The van der Waals surface area contributed by atoms with E-state index in [1.54, 1.807) is 48.0 Å². The first-order valence-corrected chi connectivity index (χ1v) is 8.30. The lowest BCUT2D eigenvalue weighted by molar-refractivity contribution is 0.101. The molecule has 4 rings (SSSR count). The number of methoxy groups -OCH3 is 1. The van der Waals surface area contributed by atoms with Crippen LogP contribution in [0.5, 0.6) is 17.4 Å². The van der Waals surface area contributed by atoms with Crippen LogP contribution in [0, 0.1) is 0 Å². The van der Waals surface area contributed by atoms with Crippen LogP contribution >= 0.6 is 0 Å². The van der Waals surface area contributed by atoms with Gasteiger partial charge in [0, 0.05) is 11.6 Å². The smallest absolute Gasteiger partial charge is 0.237 e. The first kappa shape index (κ1) is 16.7. The topological polar surface area (TPSA) is 78.6 Å². The molecule has 0 atom stereocenters. The summed E-state index contributed by atoms with van der Waals surface area (Å²) in [6.07, 6.45) is 0. The van der Waals surface area contributed by atoms with Crippen molar-refractivity contribution in [3.8, 4) is 28.8 Å². The van der Waals surface area contributed by atoms with E-state index >= 15 is 0 Å². The molecule has 2 aromatic carbocycles. The molecule has 0 saturated carbocycles. The largest absolute Gasteiger partial charge is 0.496 e. The van der Waals surface area contributed by atoms with Crippen LogP contribution in [0.25, 0.3) is 17.0 Å². The number of ketones is 1. The SMILES string of the molecule is COc1ccccc1-c1nnc2ccc(Oc3cccc(C(C)=O)c3)nn12. The zero-order valence-electron chi connectivity index (χ0n) is 14.8. The predicted molar refractivity (Wildman–Crippen MR) is 99.3 cm³/mol. The normalized spacial score (nSPS) is 10.7. The minimum absolute atomic E-state index is 0.0267. The number of benzene rings is 2. The molecule has 7 nitrogen and oxygen atoms in total. The Morgan fingerprint density at radius 2 is 1.85 bits per heavy atom. The lowest BCUT2D eigenvalue weighted by Gasteiger charge is -2.08. The Hall–Kier alpha value is -3.74. The van der Waals surface area contributed by atoms with Crippen LogP contribution in [0.15, 0.2) is 60.7 Å². The van der Waals surface area contributed by atoms with Gasteiger partial charge < -0.3 is 9.47 Å². The second-order valence-electron chi connectivity index (χ2n) is 5.85. The maximum atomic E-state index is 11.5. The summed E-state index contributed by atoms with van der Waals surface area (Å²) >= 11 is 0. The second-order valence-corrected chi connectivity index (χ2v) is 5.85. The number of rotatable bonds is 5. The summed E-state index contributed by atoms with van der Waals surface area (Å²) in [5.41, 5.74) is 1.93. The van der Waals surface area contributed by atoms with E-state index in [0.717, 1.165) is 5.56 Å². The summed E-state index contributed by atoms with van der Waals surface area (Å²) in [6, 6.07) is 18.0. The van der Waals surface area contributed by atoms with Crippen LogP contribution in [-0.4, -0.2) is 32.7 Å². The molecule has 0 saturated heterocycles. The molecule has 27 heavy (non-hydrogen) atoms. The Morgan fingerprint density at radius 1 is 1.00 bits per heavy atom. The van der Waals surface area contributed by atoms with Gasteiger partial charge in [0.05, 0.1) is 12.7 Å². The molecule has 2 aromatic heterocycles. The zero-order valence-corrected chi connectivity index (χ0v) is 14.8. The number of Topliss-reactive ketones (excluding diaryl/α,β-unsaturated/α-hetero) is 1. The third-order valence-electron chi connectivity index (χ3n) is 4.05. The van der Waals surface area contributed by atoms with Gasteiger partial charge in [-0.3, -0.25) is 4.79 Å². The Morgan fingerprint density at radius 3 is 2.67 bits per heavy atom. The number of para-hydroxylation sites is 1. The van der Waals surface area contributed by atoms with Gasteiger partial charge in [-0.25, -0.2) is 0 Å². The van der Waals surface area contributed by atoms with Crippen molar-refractivity contribution in [3.63, 3.8) is 0 Å². The standard InChI is InChI=1S/C20H16N4O3/c1-13(25)14-6-5-7-15(12-14)27-19-11-10-18-21-22-20(24(18)23-19)16-8-3-4-9-17(16)26-2/h3-12H,1-2H3. The first-order valence-electron chi connectivity index (χ1n) is 8.30. The first-order chi connectivity index (χ1) is 13.2. The number of aromatic nitrogens is 4. The van der Waals surface area contributed by atoms with Crippen molar-refractivity contribution in [2.75, 3.05) is 7.11 Å². The Bertz CT molecular complexity index is 1140. The third kappa shape index (κ3) is 3.22. The van der Waals surface area contributed by atoms with Crippen molar-refractivity contribution in [3.05, 3.63) is 66.2 Å². The second kappa shape index (κ2) is 6.87. The van der Waals surface area contributed by atoms with Gasteiger partial charge in [0.1, 0.15) is 11.5 Å². The molecule has 134 valence electrons. The molecular weight excluding hydrogens is 344 g/mol. The van der Waals surface area contributed by atoms with Crippen LogP contribution < -0.4 is 9.47 Å². The summed E-state index contributed by atoms with van der Waals surface area (Å²) in [5.74, 6) is 2.08. The van der Waals surface area contributed by atoms with E-state index in [9.17, 15) is 4.79 Å². The molecule has 0 unspecified atom stereocenters. The minimum atomic E-state index is -0.0267. The summed E-state index contributed by atoms with van der Waals surface area (Å²) in [7, 11) is 1.60. The molecule has 0 aliphatic carbocycles. The molecule has 0 bridgehead atoms. The molecule has 2 heterocycles. The number of hydrogen-bond donors (Lipinski definition) is 0. The highest BCUT2D eigenvalue weighted by atomic mass is 16.5. The fourth-order valence-corrected chi connectivity index (χ4v) is 2.72. The molecule has 0 aliphatic heterocycles. The monoisotopic (exact) mass is 360 g/mol. The van der Waals surface area contributed by atoms with Crippen molar-refractivity contribution < 1.29 is 14.3 Å². The van der Waals surface area contributed by atoms with Crippen LogP contribution in [0.1, 0.15) is 17.3 Å². The highest BCUT2D eigenvalue weighted by Gasteiger charge is 2.14. The van der Waals surface area contributed by atoms with Gasteiger partial charge in [0.15, 0.2) is 17.3 Å². The van der Waals surface area contributed by atoms with Gasteiger partial charge in [-0.05, 0) is 37.3 Å². The molecule has 0 fully saturated rings. The van der Waals surface area contributed by atoms with E-state index in [0.29, 0.717) is 34.4 Å². The van der Waals surface area contributed by atoms with Crippen molar-refractivity contribution >= 4 is 11.4 Å². The van der Waals surface area contributed by atoms with E-state index in [2.05, 4.69) is 15.3 Å². The van der Waals surface area contributed by atoms with Crippen molar-refractivity contribution in [2.45, 2.75) is 6.92 Å². The molecular formula is C20H16N4O3. The molecule has 4 aromatic rings. The summed E-state index contributed by atoms with van der Waals surface area (Å²) < 4.78 is 12.8. The van der Waals surface area contributed by atoms with Crippen LogP contribution in [0.2, 0.25) is 0 Å². The number of nitrogens with zero attached hydrogens (tertiary/aromatic N) is 4. The van der Waals surface area contributed by atoms with E-state index in [4.69, 9.17) is 9.47 Å². The van der Waals surface area contributed by atoms with Gasteiger partial charge >= 0.3 is 0 Å². The zero-order chi connectivity index (χ0) is 18.8. The van der Waals surface area contributed by atoms with Crippen molar-refractivity contribution in [1.82, 2.24) is 19.8 Å². The highest BCUT2D eigenvalue weighted by molar-refractivity contribution is 5.94. The van der Waals surface area contributed by atoms with Gasteiger partial charge in [-0.1, -0.05) is 24.3 Å². The summed E-state index contributed by atoms with van der Waals surface area (Å²) in [4.78, 5) is 11.5. The summed E-state index contributed by atoms with van der Waals surface area (Å²) in [6.45, 7) is 1.51. The lowest BCUT2D eigenvalue weighted by Crippen LogP contribution is -1.99. The van der Waals surface area contributed by atoms with Crippen molar-refractivity contribution in [2.24, 2.45) is 0 Å². The fraction of sp³-hybridized carbons (Fsp3) is 0.100. The maximum Gasteiger partial charge on any atom is 0.237 e. The predicted octanol–water partition coefficient (Wildman–Crippen LogP) is 3.79. The van der Waals surface area contributed by atoms with Crippen LogP contribution in [-0.2, 0) is 0 Å². The molecule has 0 spiro atoms. The molecule has 0 radical (unpaired) electrons. The van der Waals surface area contributed by atoms with Gasteiger partial charge in [0.2, 0.25) is 5.88 Å². The minimum Gasteiger partial charge on any atom is -0.496 e. The number of ether oxygens (including phenoxy) is 2. The third-order valence-corrected chi connectivity index (χ3v) is 4.05.